The number of aromatic nitrogens is 4. The van der Waals surface area contributed by atoms with Crippen molar-refractivity contribution in [1.29, 1.82) is 0 Å². The van der Waals surface area contributed by atoms with Crippen LogP contribution < -0.4 is 5.32 Å². The van der Waals surface area contributed by atoms with Crippen LogP contribution in [0, 0.1) is 13.8 Å². The van der Waals surface area contributed by atoms with Gasteiger partial charge >= 0.3 is 0 Å². The summed E-state index contributed by atoms with van der Waals surface area (Å²) in [5, 5.41) is 7.66. The van der Waals surface area contributed by atoms with Crippen molar-refractivity contribution >= 4 is 5.82 Å². The van der Waals surface area contributed by atoms with E-state index in [1.165, 1.54) is 17.7 Å². The SMILES string of the molecule is CNc1nc(-c2c(C)nn(C)c2C)nc2c1CCC2. The molecule has 0 fully saturated rings. The average molecular weight is 257 g/mol. The summed E-state index contributed by atoms with van der Waals surface area (Å²) in [6, 6.07) is 0. The third-order valence-corrected chi connectivity index (χ3v) is 3.90. The second-order valence-electron chi connectivity index (χ2n) is 5.09. The van der Waals surface area contributed by atoms with Crippen molar-refractivity contribution in [2.75, 3.05) is 12.4 Å². The normalized spacial score (nSPS) is 13.7. The van der Waals surface area contributed by atoms with Gasteiger partial charge in [0.25, 0.3) is 0 Å². The molecule has 1 aliphatic rings. The van der Waals surface area contributed by atoms with Gasteiger partial charge in [-0.2, -0.15) is 5.10 Å². The van der Waals surface area contributed by atoms with Crippen molar-refractivity contribution in [2.24, 2.45) is 7.05 Å². The lowest BCUT2D eigenvalue weighted by atomic mass is 10.1. The molecule has 5 nitrogen and oxygen atoms in total. The molecule has 0 amide bonds. The molecule has 0 spiro atoms. The Bertz CT molecular complexity index is 642. The minimum absolute atomic E-state index is 0.799. The van der Waals surface area contributed by atoms with E-state index in [-0.39, 0.29) is 0 Å². The van der Waals surface area contributed by atoms with E-state index in [9.17, 15) is 0 Å². The lowest BCUT2D eigenvalue weighted by Gasteiger charge is -2.09. The Morgan fingerprint density at radius 2 is 1.95 bits per heavy atom. The molecule has 2 aromatic heterocycles. The van der Waals surface area contributed by atoms with Gasteiger partial charge in [0.1, 0.15) is 5.82 Å². The molecular weight excluding hydrogens is 238 g/mol. The summed E-state index contributed by atoms with van der Waals surface area (Å²) in [6.45, 7) is 4.07. The van der Waals surface area contributed by atoms with Gasteiger partial charge in [-0.15, -0.1) is 0 Å². The zero-order chi connectivity index (χ0) is 13.6. The number of nitrogens with one attached hydrogen (secondary N) is 1. The largest absolute Gasteiger partial charge is 0.373 e. The predicted molar refractivity (Wildman–Crippen MR) is 75.3 cm³/mol. The molecule has 5 heteroatoms. The van der Waals surface area contributed by atoms with Crippen LogP contribution in [-0.4, -0.2) is 26.8 Å². The van der Waals surface area contributed by atoms with Crippen molar-refractivity contribution in [3.05, 3.63) is 22.6 Å². The summed E-state index contributed by atoms with van der Waals surface area (Å²) >= 11 is 0. The summed E-state index contributed by atoms with van der Waals surface area (Å²) in [4.78, 5) is 9.46. The molecule has 3 rings (SSSR count). The molecule has 1 N–H and O–H groups in total. The first-order valence-electron chi connectivity index (χ1n) is 6.70. The van der Waals surface area contributed by atoms with Gasteiger partial charge in [-0.3, -0.25) is 4.68 Å². The fraction of sp³-hybridized carbons (Fsp3) is 0.500. The Morgan fingerprint density at radius 3 is 2.58 bits per heavy atom. The van der Waals surface area contributed by atoms with E-state index >= 15 is 0 Å². The maximum atomic E-state index is 4.76. The number of hydrogen-bond donors (Lipinski definition) is 1. The van der Waals surface area contributed by atoms with E-state index in [1.54, 1.807) is 0 Å². The van der Waals surface area contributed by atoms with Crippen LogP contribution in [-0.2, 0) is 19.9 Å². The molecule has 2 aromatic rings. The Morgan fingerprint density at radius 1 is 1.16 bits per heavy atom. The third kappa shape index (κ3) is 1.80. The number of anilines is 1. The highest BCUT2D eigenvalue weighted by atomic mass is 15.3. The van der Waals surface area contributed by atoms with Crippen molar-refractivity contribution in [3.63, 3.8) is 0 Å². The molecule has 0 saturated heterocycles. The van der Waals surface area contributed by atoms with E-state index < -0.39 is 0 Å². The zero-order valence-corrected chi connectivity index (χ0v) is 11.9. The fourth-order valence-corrected chi connectivity index (χ4v) is 2.85. The van der Waals surface area contributed by atoms with Crippen molar-refractivity contribution in [3.8, 4) is 11.4 Å². The van der Waals surface area contributed by atoms with Crippen molar-refractivity contribution < 1.29 is 0 Å². The highest BCUT2D eigenvalue weighted by molar-refractivity contribution is 5.65. The van der Waals surface area contributed by atoms with Crippen LogP contribution in [0.5, 0.6) is 0 Å². The molecule has 0 radical (unpaired) electrons. The molecule has 0 unspecified atom stereocenters. The minimum Gasteiger partial charge on any atom is -0.373 e. The predicted octanol–water partition coefficient (Wildman–Crippen LogP) is 2.02. The van der Waals surface area contributed by atoms with Gasteiger partial charge in [0, 0.05) is 31.0 Å². The molecule has 1 aliphatic carbocycles. The maximum Gasteiger partial charge on any atom is 0.165 e. The Labute approximate surface area is 113 Å². The molecule has 2 heterocycles. The lowest BCUT2D eigenvalue weighted by Crippen LogP contribution is -2.04. The quantitative estimate of drug-likeness (QED) is 0.894. The molecule has 0 saturated carbocycles. The highest BCUT2D eigenvalue weighted by Gasteiger charge is 2.22. The van der Waals surface area contributed by atoms with Crippen LogP contribution in [0.2, 0.25) is 0 Å². The molecule has 19 heavy (non-hydrogen) atoms. The molecule has 100 valence electrons. The standard InChI is InChI=1S/C14H19N5/c1-8-12(9(2)19(4)18-8)14-16-11-7-5-6-10(11)13(15-3)17-14/h5-7H2,1-4H3,(H,15,16,17). The van der Waals surface area contributed by atoms with Gasteiger partial charge in [-0.05, 0) is 33.1 Å². The van der Waals surface area contributed by atoms with E-state index in [0.717, 1.165) is 41.4 Å². The van der Waals surface area contributed by atoms with E-state index in [2.05, 4.69) is 17.3 Å². The van der Waals surface area contributed by atoms with Crippen LogP contribution in [0.25, 0.3) is 11.4 Å². The average Bonchev–Trinajstić information content (AvgIpc) is 2.94. The van der Waals surface area contributed by atoms with Crippen LogP contribution >= 0.6 is 0 Å². The second-order valence-corrected chi connectivity index (χ2v) is 5.09. The third-order valence-electron chi connectivity index (χ3n) is 3.90. The van der Waals surface area contributed by atoms with Crippen LogP contribution in [0.1, 0.15) is 29.1 Å². The smallest absolute Gasteiger partial charge is 0.165 e. The molecule has 0 atom stereocenters. The Balaban J connectivity index is 2.21. The van der Waals surface area contributed by atoms with E-state index in [0.29, 0.717) is 0 Å². The fourth-order valence-electron chi connectivity index (χ4n) is 2.85. The van der Waals surface area contributed by atoms with Gasteiger partial charge in [-0.25, -0.2) is 9.97 Å². The zero-order valence-electron chi connectivity index (χ0n) is 11.9. The summed E-state index contributed by atoms with van der Waals surface area (Å²) in [5.41, 5.74) is 5.63. The number of hydrogen-bond acceptors (Lipinski definition) is 4. The number of aryl methyl sites for hydroxylation is 3. The topological polar surface area (TPSA) is 55.6 Å². The van der Waals surface area contributed by atoms with Gasteiger partial charge in [-0.1, -0.05) is 0 Å². The minimum atomic E-state index is 0.799. The Hall–Kier alpha value is -1.91. The molecular formula is C14H19N5. The molecule has 0 bridgehead atoms. The molecule has 0 aliphatic heterocycles. The van der Waals surface area contributed by atoms with Gasteiger partial charge in [0.2, 0.25) is 0 Å². The number of rotatable bonds is 2. The van der Waals surface area contributed by atoms with E-state index in [1.807, 2.05) is 25.7 Å². The van der Waals surface area contributed by atoms with Crippen LogP contribution in [0.3, 0.4) is 0 Å². The van der Waals surface area contributed by atoms with Crippen molar-refractivity contribution in [2.45, 2.75) is 33.1 Å². The van der Waals surface area contributed by atoms with Gasteiger partial charge in [0.05, 0.1) is 11.3 Å². The summed E-state index contributed by atoms with van der Waals surface area (Å²) in [5.74, 6) is 1.77. The monoisotopic (exact) mass is 257 g/mol. The number of nitrogens with zero attached hydrogens (tertiary/aromatic N) is 4. The van der Waals surface area contributed by atoms with Gasteiger partial charge < -0.3 is 5.32 Å². The summed E-state index contributed by atoms with van der Waals surface area (Å²) in [7, 11) is 3.88. The number of fused-ring (bicyclic) bond motifs is 1. The maximum absolute atomic E-state index is 4.76. The molecule has 0 aromatic carbocycles. The lowest BCUT2D eigenvalue weighted by molar-refractivity contribution is 0.731. The van der Waals surface area contributed by atoms with Crippen molar-refractivity contribution in [1.82, 2.24) is 19.7 Å². The summed E-state index contributed by atoms with van der Waals surface area (Å²) in [6.07, 6.45) is 3.31. The first-order chi connectivity index (χ1) is 9.11. The Kier molecular flexibility index (Phi) is 2.77. The first-order valence-corrected chi connectivity index (χ1v) is 6.70. The van der Waals surface area contributed by atoms with Crippen LogP contribution in [0.4, 0.5) is 5.82 Å². The van der Waals surface area contributed by atoms with E-state index in [4.69, 9.17) is 9.97 Å². The second kappa shape index (κ2) is 4.33. The highest BCUT2D eigenvalue weighted by Crippen LogP contribution is 2.31. The summed E-state index contributed by atoms with van der Waals surface area (Å²) < 4.78 is 1.89. The van der Waals surface area contributed by atoms with Crippen LogP contribution in [0.15, 0.2) is 0 Å². The van der Waals surface area contributed by atoms with Gasteiger partial charge in [0.15, 0.2) is 5.82 Å². The first kappa shape index (κ1) is 12.1.